The fraction of sp³-hybridized carbons (Fsp3) is 0.625. The van der Waals surface area contributed by atoms with Crippen LogP contribution in [0.2, 0.25) is 0 Å². The van der Waals surface area contributed by atoms with Gasteiger partial charge in [0.1, 0.15) is 30.4 Å². The van der Waals surface area contributed by atoms with Crippen molar-refractivity contribution in [1.82, 2.24) is 0 Å². The second-order valence-electron chi connectivity index (χ2n) is 9.88. The number of phenolic OH excluding ortho intramolecular Hbond substituents is 1. The number of carbonyl (C=O) groups is 1. The van der Waals surface area contributed by atoms with Gasteiger partial charge in [-0.3, -0.25) is 4.79 Å². The van der Waals surface area contributed by atoms with Gasteiger partial charge in [-0.25, -0.2) is 0 Å². The second-order valence-corrected chi connectivity index (χ2v) is 9.88. The number of hydrogen-bond donors (Lipinski definition) is 3. The largest absolute Gasteiger partial charge is 0.508 e. The highest BCUT2D eigenvalue weighted by atomic mass is 16.6. The molecule has 0 bridgehead atoms. The van der Waals surface area contributed by atoms with Crippen molar-refractivity contribution in [1.29, 1.82) is 0 Å². The Morgan fingerprint density at radius 3 is 2.97 bits per heavy atom. The Labute approximate surface area is 173 Å². The molecule has 3 aliphatic rings. The van der Waals surface area contributed by atoms with Gasteiger partial charge >= 0.3 is 5.97 Å². The van der Waals surface area contributed by atoms with Crippen molar-refractivity contribution in [2.45, 2.75) is 51.2 Å². The van der Waals surface area contributed by atoms with Gasteiger partial charge < -0.3 is 19.8 Å². The second kappa shape index (κ2) is 7.77. The van der Waals surface area contributed by atoms with Gasteiger partial charge in [-0.05, 0) is 61.1 Å². The smallest absolute Gasteiger partial charge is 0.315 e. The highest BCUT2D eigenvalue weighted by molar-refractivity contribution is 5.75. The highest BCUT2D eigenvalue weighted by Crippen LogP contribution is 2.56. The number of allylic oxidation sites excluding steroid dienone is 1. The van der Waals surface area contributed by atoms with Crippen molar-refractivity contribution in [3.8, 4) is 5.75 Å². The summed E-state index contributed by atoms with van der Waals surface area (Å²) in [5.41, 5.74) is 2.27. The number of carbonyl (C=O) groups excluding carboxylic acids is 1. The van der Waals surface area contributed by atoms with Gasteiger partial charge in [0.2, 0.25) is 0 Å². The summed E-state index contributed by atoms with van der Waals surface area (Å²) in [6.45, 7) is 7.85. The lowest BCUT2D eigenvalue weighted by atomic mass is 9.55. The number of aliphatic hydroxyl groups excluding tert-OH is 1. The van der Waals surface area contributed by atoms with Crippen molar-refractivity contribution in [3.63, 3.8) is 0 Å². The lowest BCUT2D eigenvalue weighted by molar-refractivity contribution is -0.886. The van der Waals surface area contributed by atoms with Gasteiger partial charge in [0.05, 0.1) is 13.6 Å². The van der Waals surface area contributed by atoms with Crippen molar-refractivity contribution < 1.29 is 24.6 Å². The van der Waals surface area contributed by atoms with Crippen LogP contribution >= 0.6 is 0 Å². The van der Waals surface area contributed by atoms with Crippen LogP contribution in [0.25, 0.3) is 0 Å². The van der Waals surface area contributed by atoms with Crippen LogP contribution in [0.3, 0.4) is 0 Å². The Bertz CT molecular complexity index is 793. The Hall–Kier alpha value is -1.85. The summed E-state index contributed by atoms with van der Waals surface area (Å²) >= 11 is 0. The molecule has 2 aliphatic carbocycles. The lowest BCUT2D eigenvalue weighted by Gasteiger charge is -2.50. The molecule has 1 aromatic carbocycles. The van der Waals surface area contributed by atoms with Crippen molar-refractivity contribution in [2.75, 3.05) is 20.1 Å². The van der Waals surface area contributed by atoms with E-state index < -0.39 is 6.10 Å². The van der Waals surface area contributed by atoms with Crippen LogP contribution in [-0.4, -0.2) is 42.4 Å². The Kier molecular flexibility index (Phi) is 5.47. The van der Waals surface area contributed by atoms with Crippen LogP contribution in [0.15, 0.2) is 36.4 Å². The number of aromatic hydroxyl groups is 1. The molecule has 7 atom stereocenters. The molecule has 5 nitrogen and oxygen atoms in total. The summed E-state index contributed by atoms with van der Waals surface area (Å²) in [4.78, 5) is 13.8. The molecule has 158 valence electrons. The van der Waals surface area contributed by atoms with Gasteiger partial charge in [0, 0.05) is 5.92 Å². The molecule has 0 aromatic heterocycles. The number of likely N-dealkylation sites (N-methyl/N-ethyl adjacent to an activating group) is 1. The van der Waals surface area contributed by atoms with Crippen molar-refractivity contribution >= 4 is 5.97 Å². The van der Waals surface area contributed by atoms with Gasteiger partial charge in [-0.15, -0.1) is 0 Å². The van der Waals surface area contributed by atoms with Crippen LogP contribution in [-0.2, 0) is 9.53 Å². The minimum Gasteiger partial charge on any atom is -0.508 e. The van der Waals surface area contributed by atoms with E-state index in [-0.39, 0.29) is 35.1 Å². The molecule has 1 heterocycles. The Balaban J connectivity index is 1.42. The highest BCUT2D eigenvalue weighted by Gasteiger charge is 2.55. The van der Waals surface area contributed by atoms with Crippen LogP contribution in [0.1, 0.15) is 50.7 Å². The van der Waals surface area contributed by atoms with Crippen LogP contribution in [0.5, 0.6) is 5.75 Å². The van der Waals surface area contributed by atoms with E-state index in [1.807, 2.05) is 13.1 Å². The number of quaternary nitrogens is 1. The molecule has 3 fully saturated rings. The SMILES string of the molecule is C=C1CCC[C@@]2(C)C[C@H]3OC(=O)[C@@H](C[NH+](C)C[C@@H](O)c4cccc(O)c4)[C@@H]3C[C@H]12. The van der Waals surface area contributed by atoms with E-state index in [1.54, 1.807) is 18.2 Å². The molecule has 1 aliphatic heterocycles. The average molecular weight is 401 g/mol. The maximum atomic E-state index is 12.7. The van der Waals surface area contributed by atoms with E-state index in [9.17, 15) is 15.0 Å². The molecule has 1 unspecified atom stereocenters. The summed E-state index contributed by atoms with van der Waals surface area (Å²) in [6, 6.07) is 6.73. The van der Waals surface area contributed by atoms with Crippen molar-refractivity contribution in [3.05, 3.63) is 42.0 Å². The number of ether oxygens (including phenoxy) is 1. The molecular formula is C24H34NO4+. The molecule has 0 amide bonds. The van der Waals surface area contributed by atoms with Gasteiger partial charge in [0.15, 0.2) is 0 Å². The monoisotopic (exact) mass is 400 g/mol. The van der Waals surface area contributed by atoms with E-state index in [0.717, 1.165) is 24.2 Å². The quantitative estimate of drug-likeness (QED) is 0.524. The zero-order valence-corrected chi connectivity index (χ0v) is 17.6. The predicted octanol–water partition coefficient (Wildman–Crippen LogP) is 2.25. The van der Waals surface area contributed by atoms with Crippen molar-refractivity contribution in [2.24, 2.45) is 23.2 Å². The third-order valence-corrected chi connectivity index (χ3v) is 7.69. The zero-order chi connectivity index (χ0) is 20.8. The fourth-order valence-corrected chi connectivity index (χ4v) is 6.13. The summed E-state index contributed by atoms with van der Waals surface area (Å²) in [7, 11) is 2.01. The molecule has 1 saturated heterocycles. The molecule has 3 N–H and O–H groups in total. The molecule has 4 rings (SSSR count). The van der Waals surface area contributed by atoms with Gasteiger partial charge in [-0.1, -0.05) is 31.2 Å². The van der Waals surface area contributed by atoms with Gasteiger partial charge in [-0.2, -0.15) is 0 Å². The number of aliphatic hydroxyl groups is 1. The number of benzene rings is 1. The maximum Gasteiger partial charge on any atom is 0.315 e. The number of fused-ring (bicyclic) bond motifs is 2. The first-order valence-corrected chi connectivity index (χ1v) is 10.9. The normalized spacial score (nSPS) is 36.1. The van der Waals surface area contributed by atoms with E-state index in [2.05, 4.69) is 13.5 Å². The minimum absolute atomic E-state index is 0.0310. The third-order valence-electron chi connectivity index (χ3n) is 7.69. The van der Waals surface area contributed by atoms with E-state index in [4.69, 9.17) is 4.74 Å². The van der Waals surface area contributed by atoms with E-state index >= 15 is 0 Å². The number of phenols is 1. The van der Waals surface area contributed by atoms with Gasteiger partial charge in [0.25, 0.3) is 0 Å². The molecule has 0 radical (unpaired) electrons. The number of esters is 1. The number of rotatable bonds is 5. The summed E-state index contributed by atoms with van der Waals surface area (Å²) in [5.74, 6) is 0.713. The van der Waals surface area contributed by atoms with Crippen LogP contribution in [0, 0.1) is 23.2 Å². The standard InChI is InChI=1S/C24H33NO4/c1-15-6-5-9-24(2)12-22-18(11-20(15)24)19(23(28)29-22)13-25(3)14-21(27)16-7-4-8-17(26)10-16/h4,7-8,10,18-22,26-27H,1,5-6,9,11-14H2,2-3H3/p+1/t18-,19-,20+,21+,22+,24-/m0/s1. The number of hydrogen-bond acceptors (Lipinski definition) is 4. The Morgan fingerprint density at radius 1 is 1.41 bits per heavy atom. The first kappa shape index (κ1) is 20.4. The average Bonchev–Trinajstić information content (AvgIpc) is 2.94. The predicted molar refractivity (Wildman–Crippen MR) is 110 cm³/mol. The maximum absolute atomic E-state index is 12.7. The molecule has 0 spiro atoms. The first-order chi connectivity index (χ1) is 13.8. The summed E-state index contributed by atoms with van der Waals surface area (Å²) < 4.78 is 5.86. The topological polar surface area (TPSA) is 71.2 Å². The Morgan fingerprint density at radius 2 is 2.21 bits per heavy atom. The fourth-order valence-electron chi connectivity index (χ4n) is 6.13. The number of nitrogens with one attached hydrogen (secondary N) is 1. The third kappa shape index (κ3) is 3.95. The molecule has 5 heteroatoms. The summed E-state index contributed by atoms with van der Waals surface area (Å²) in [5, 5.41) is 20.2. The van der Waals surface area contributed by atoms with E-state index in [1.165, 1.54) is 18.4 Å². The molecular weight excluding hydrogens is 366 g/mol. The van der Waals surface area contributed by atoms with E-state index in [0.29, 0.717) is 24.6 Å². The minimum atomic E-state index is -0.678. The van der Waals surface area contributed by atoms with Crippen LogP contribution < -0.4 is 4.90 Å². The summed E-state index contributed by atoms with van der Waals surface area (Å²) in [6.07, 6.45) is 4.81. The molecule has 29 heavy (non-hydrogen) atoms. The lowest BCUT2D eigenvalue weighted by Crippen LogP contribution is -3.10. The zero-order valence-electron chi connectivity index (χ0n) is 17.6. The first-order valence-electron chi connectivity index (χ1n) is 10.9. The molecule has 2 saturated carbocycles. The molecule has 1 aromatic rings. The van der Waals surface area contributed by atoms with Crippen LogP contribution in [0.4, 0.5) is 0 Å².